The van der Waals surface area contributed by atoms with Crippen molar-refractivity contribution in [1.82, 2.24) is 4.90 Å². The number of halogens is 1. The highest BCUT2D eigenvalue weighted by Crippen LogP contribution is 2.14. The van der Waals surface area contributed by atoms with Crippen LogP contribution in [-0.2, 0) is 11.3 Å². The van der Waals surface area contributed by atoms with Gasteiger partial charge in [-0.05, 0) is 37.0 Å². The third kappa shape index (κ3) is 5.21. The van der Waals surface area contributed by atoms with E-state index in [-0.39, 0.29) is 5.91 Å². The number of carbonyl (C=O) groups is 1. The van der Waals surface area contributed by atoms with Gasteiger partial charge in [0.05, 0.1) is 6.04 Å². The van der Waals surface area contributed by atoms with Gasteiger partial charge in [0.2, 0.25) is 5.91 Å². The summed E-state index contributed by atoms with van der Waals surface area (Å²) in [6, 6.07) is 7.15. The van der Waals surface area contributed by atoms with Crippen LogP contribution in [0.4, 0.5) is 0 Å². The van der Waals surface area contributed by atoms with E-state index in [0.717, 1.165) is 5.56 Å². The third-order valence-corrected chi connectivity index (χ3v) is 3.23. The van der Waals surface area contributed by atoms with Crippen molar-refractivity contribution in [3.8, 4) is 0 Å². The Labute approximate surface area is 120 Å². The SMILES string of the molecule is CCN(Cc1cccc(Cl)c1)C(=O)C(N)CC(C)C. The summed E-state index contributed by atoms with van der Waals surface area (Å²) in [6.45, 7) is 7.31. The Hall–Kier alpha value is -1.06. The van der Waals surface area contributed by atoms with E-state index in [1.54, 1.807) is 4.90 Å². The lowest BCUT2D eigenvalue weighted by Gasteiger charge is -2.25. The third-order valence-electron chi connectivity index (χ3n) is 3.00. The number of hydrogen-bond donors (Lipinski definition) is 1. The Balaban J connectivity index is 2.70. The molecule has 1 rings (SSSR count). The quantitative estimate of drug-likeness (QED) is 0.872. The molecule has 0 aromatic heterocycles. The molecule has 0 spiro atoms. The number of amides is 1. The van der Waals surface area contributed by atoms with Gasteiger partial charge < -0.3 is 10.6 Å². The van der Waals surface area contributed by atoms with Gasteiger partial charge >= 0.3 is 0 Å². The average molecular weight is 283 g/mol. The zero-order valence-electron chi connectivity index (χ0n) is 11.9. The molecule has 1 aromatic rings. The number of benzene rings is 1. The lowest BCUT2D eigenvalue weighted by Crippen LogP contribution is -2.43. The van der Waals surface area contributed by atoms with E-state index >= 15 is 0 Å². The van der Waals surface area contributed by atoms with Gasteiger partial charge in [0, 0.05) is 18.1 Å². The van der Waals surface area contributed by atoms with Crippen LogP contribution in [0.1, 0.15) is 32.8 Å². The molecule has 0 aliphatic carbocycles. The summed E-state index contributed by atoms with van der Waals surface area (Å²) in [6.07, 6.45) is 0.713. The molecule has 1 aromatic carbocycles. The summed E-state index contributed by atoms with van der Waals surface area (Å²) >= 11 is 5.95. The van der Waals surface area contributed by atoms with E-state index in [4.69, 9.17) is 17.3 Å². The Morgan fingerprint density at radius 1 is 1.42 bits per heavy atom. The summed E-state index contributed by atoms with van der Waals surface area (Å²) < 4.78 is 0. The van der Waals surface area contributed by atoms with Crippen LogP contribution in [0.5, 0.6) is 0 Å². The van der Waals surface area contributed by atoms with Gasteiger partial charge in [-0.1, -0.05) is 37.6 Å². The van der Waals surface area contributed by atoms with E-state index in [9.17, 15) is 4.79 Å². The number of rotatable bonds is 6. The van der Waals surface area contributed by atoms with Crippen molar-refractivity contribution in [2.75, 3.05) is 6.54 Å². The minimum atomic E-state index is -0.417. The molecule has 0 heterocycles. The van der Waals surface area contributed by atoms with Crippen LogP contribution in [0.2, 0.25) is 5.02 Å². The lowest BCUT2D eigenvalue weighted by atomic mass is 10.0. The molecule has 4 heteroatoms. The fraction of sp³-hybridized carbons (Fsp3) is 0.533. The zero-order valence-corrected chi connectivity index (χ0v) is 12.7. The number of carbonyl (C=O) groups excluding carboxylic acids is 1. The predicted molar refractivity (Wildman–Crippen MR) is 80.0 cm³/mol. The monoisotopic (exact) mass is 282 g/mol. The van der Waals surface area contributed by atoms with Crippen molar-refractivity contribution < 1.29 is 4.79 Å². The van der Waals surface area contributed by atoms with Gasteiger partial charge in [0.15, 0.2) is 0 Å². The predicted octanol–water partition coefficient (Wildman–Crippen LogP) is 3.06. The van der Waals surface area contributed by atoms with Gasteiger partial charge in [0.25, 0.3) is 0 Å². The molecule has 0 aliphatic rings. The highest BCUT2D eigenvalue weighted by molar-refractivity contribution is 6.30. The molecule has 1 atom stereocenters. The topological polar surface area (TPSA) is 46.3 Å². The van der Waals surface area contributed by atoms with Crippen molar-refractivity contribution in [1.29, 1.82) is 0 Å². The molecule has 2 N–H and O–H groups in total. The first-order chi connectivity index (χ1) is 8.93. The Bertz CT molecular complexity index is 420. The smallest absolute Gasteiger partial charge is 0.239 e. The lowest BCUT2D eigenvalue weighted by molar-refractivity contribution is -0.133. The first-order valence-corrected chi connectivity index (χ1v) is 7.10. The van der Waals surface area contributed by atoms with E-state index in [0.29, 0.717) is 30.5 Å². The van der Waals surface area contributed by atoms with Crippen LogP contribution < -0.4 is 5.73 Å². The van der Waals surface area contributed by atoms with Crippen molar-refractivity contribution in [2.24, 2.45) is 11.7 Å². The summed E-state index contributed by atoms with van der Waals surface area (Å²) in [5, 5.41) is 0.687. The first-order valence-electron chi connectivity index (χ1n) is 6.72. The molecule has 1 unspecified atom stereocenters. The molecule has 106 valence electrons. The molecule has 0 saturated heterocycles. The molecule has 0 radical (unpaired) electrons. The molecule has 3 nitrogen and oxygen atoms in total. The molecule has 19 heavy (non-hydrogen) atoms. The van der Waals surface area contributed by atoms with Crippen LogP contribution in [0, 0.1) is 5.92 Å². The van der Waals surface area contributed by atoms with Crippen molar-refractivity contribution >= 4 is 17.5 Å². The van der Waals surface area contributed by atoms with Crippen molar-refractivity contribution in [3.05, 3.63) is 34.9 Å². The fourth-order valence-electron chi connectivity index (χ4n) is 2.04. The molecule has 0 aliphatic heterocycles. The van der Waals surface area contributed by atoms with E-state index in [1.165, 1.54) is 0 Å². The summed E-state index contributed by atoms with van der Waals surface area (Å²) in [5.41, 5.74) is 6.99. The largest absolute Gasteiger partial charge is 0.337 e. The molecule has 0 saturated carbocycles. The maximum atomic E-state index is 12.3. The van der Waals surface area contributed by atoms with E-state index in [1.807, 2.05) is 31.2 Å². The second-order valence-corrected chi connectivity index (χ2v) is 5.65. The fourth-order valence-corrected chi connectivity index (χ4v) is 2.26. The maximum absolute atomic E-state index is 12.3. The van der Waals surface area contributed by atoms with Gasteiger partial charge in [-0.3, -0.25) is 4.79 Å². The molecule has 1 amide bonds. The Kier molecular flexibility index (Phi) is 6.32. The second kappa shape index (κ2) is 7.51. The number of nitrogens with zero attached hydrogens (tertiary/aromatic N) is 1. The summed E-state index contributed by atoms with van der Waals surface area (Å²) in [5.74, 6) is 0.431. The second-order valence-electron chi connectivity index (χ2n) is 5.22. The van der Waals surface area contributed by atoms with Crippen LogP contribution in [-0.4, -0.2) is 23.4 Å². The maximum Gasteiger partial charge on any atom is 0.239 e. The Morgan fingerprint density at radius 2 is 2.11 bits per heavy atom. The van der Waals surface area contributed by atoms with Crippen molar-refractivity contribution in [3.63, 3.8) is 0 Å². The highest BCUT2D eigenvalue weighted by Gasteiger charge is 2.20. The highest BCUT2D eigenvalue weighted by atomic mass is 35.5. The van der Waals surface area contributed by atoms with E-state index < -0.39 is 6.04 Å². The molecule has 0 bridgehead atoms. The van der Waals surface area contributed by atoms with Crippen LogP contribution >= 0.6 is 11.6 Å². The summed E-state index contributed by atoms with van der Waals surface area (Å²) in [4.78, 5) is 14.0. The van der Waals surface area contributed by atoms with Crippen LogP contribution in [0.15, 0.2) is 24.3 Å². The van der Waals surface area contributed by atoms with Gasteiger partial charge in [-0.25, -0.2) is 0 Å². The molecule has 0 fully saturated rings. The molecular weight excluding hydrogens is 260 g/mol. The standard InChI is InChI=1S/C15H23ClN2O/c1-4-18(15(19)14(17)8-11(2)3)10-12-6-5-7-13(16)9-12/h5-7,9,11,14H,4,8,10,17H2,1-3H3. The number of hydrogen-bond acceptors (Lipinski definition) is 2. The summed E-state index contributed by atoms with van der Waals surface area (Å²) in [7, 11) is 0. The minimum Gasteiger partial charge on any atom is -0.337 e. The minimum absolute atomic E-state index is 0.0103. The van der Waals surface area contributed by atoms with Crippen LogP contribution in [0.3, 0.4) is 0 Å². The number of nitrogens with two attached hydrogens (primary N) is 1. The van der Waals surface area contributed by atoms with Gasteiger partial charge in [-0.2, -0.15) is 0 Å². The average Bonchev–Trinajstić information content (AvgIpc) is 2.34. The normalized spacial score (nSPS) is 12.5. The first kappa shape index (κ1) is 16.0. The van der Waals surface area contributed by atoms with Crippen LogP contribution in [0.25, 0.3) is 0 Å². The zero-order chi connectivity index (χ0) is 14.4. The van der Waals surface area contributed by atoms with Gasteiger partial charge in [0.1, 0.15) is 0 Å². The molecular formula is C15H23ClN2O. The van der Waals surface area contributed by atoms with Gasteiger partial charge in [-0.15, -0.1) is 0 Å². The van der Waals surface area contributed by atoms with Crippen molar-refractivity contribution in [2.45, 2.75) is 39.8 Å². The number of likely N-dealkylation sites (N-methyl/N-ethyl adjacent to an activating group) is 1. The van der Waals surface area contributed by atoms with E-state index in [2.05, 4.69) is 13.8 Å². The Morgan fingerprint density at radius 3 is 2.63 bits per heavy atom.